The molecule has 3 nitrogen and oxygen atoms in total. The van der Waals surface area contributed by atoms with Crippen molar-refractivity contribution in [2.75, 3.05) is 24.7 Å². The lowest BCUT2D eigenvalue weighted by Gasteiger charge is -2.22. The molecule has 1 saturated heterocycles. The summed E-state index contributed by atoms with van der Waals surface area (Å²) in [6.07, 6.45) is 4.02. The number of ether oxygens (including phenoxy) is 1. The van der Waals surface area contributed by atoms with Crippen LogP contribution in [0.4, 0.5) is 0 Å². The molecule has 0 unspecified atom stereocenters. The van der Waals surface area contributed by atoms with E-state index in [-0.39, 0.29) is 0 Å². The molecular weight excluding hydrogens is 291 g/mol. The summed E-state index contributed by atoms with van der Waals surface area (Å²) in [7, 11) is 0. The minimum atomic E-state index is 0.446. The molecule has 18 heavy (non-hydrogen) atoms. The first kappa shape index (κ1) is 14.3. The molecular formula is C12H16Cl2N2OS. The fourth-order valence-electron chi connectivity index (χ4n) is 1.82. The van der Waals surface area contributed by atoms with Crippen LogP contribution in [0.2, 0.25) is 10.0 Å². The van der Waals surface area contributed by atoms with Crippen LogP contribution in [0.3, 0.4) is 0 Å². The summed E-state index contributed by atoms with van der Waals surface area (Å²) < 4.78 is 5.51. The summed E-state index contributed by atoms with van der Waals surface area (Å²) in [6, 6.07) is 2.26. The Balaban J connectivity index is 1.68. The van der Waals surface area contributed by atoms with Gasteiger partial charge in [-0.25, -0.2) is 4.98 Å². The minimum absolute atomic E-state index is 0.446. The molecule has 1 aliphatic heterocycles. The van der Waals surface area contributed by atoms with Gasteiger partial charge in [0.1, 0.15) is 11.6 Å². The third kappa shape index (κ3) is 4.50. The zero-order chi connectivity index (χ0) is 12.8. The molecule has 1 aliphatic rings. The number of nitrogens with zero attached hydrogens (tertiary/aromatic N) is 1. The van der Waals surface area contributed by atoms with Crippen molar-refractivity contribution in [2.45, 2.75) is 18.9 Å². The van der Waals surface area contributed by atoms with Crippen molar-refractivity contribution < 1.29 is 4.74 Å². The van der Waals surface area contributed by atoms with E-state index in [2.05, 4.69) is 10.3 Å². The van der Waals surface area contributed by atoms with Crippen LogP contribution >= 0.6 is 35.0 Å². The Morgan fingerprint density at radius 1 is 1.39 bits per heavy atom. The highest BCUT2D eigenvalue weighted by Gasteiger charge is 2.12. The van der Waals surface area contributed by atoms with Crippen molar-refractivity contribution in [2.24, 2.45) is 0 Å². The van der Waals surface area contributed by atoms with Crippen LogP contribution in [-0.4, -0.2) is 35.7 Å². The molecule has 1 aromatic rings. The van der Waals surface area contributed by atoms with Crippen molar-refractivity contribution in [3.63, 3.8) is 0 Å². The molecule has 0 saturated carbocycles. The minimum Gasteiger partial charge on any atom is -0.475 e. The molecule has 6 heteroatoms. The molecule has 1 fully saturated rings. The molecule has 0 spiro atoms. The molecule has 1 N–H and O–H groups in total. The molecule has 0 aromatic carbocycles. The van der Waals surface area contributed by atoms with E-state index in [0.717, 1.165) is 6.54 Å². The lowest BCUT2D eigenvalue weighted by atomic mass is 10.1. The van der Waals surface area contributed by atoms with E-state index in [4.69, 9.17) is 27.9 Å². The first-order valence-corrected chi connectivity index (χ1v) is 7.92. The fraction of sp³-hybridized carbons (Fsp3) is 0.583. The SMILES string of the molecule is Clc1cnc(OCCNC2CCSCC2)c(Cl)c1. The molecule has 1 aromatic heterocycles. The Morgan fingerprint density at radius 3 is 2.89 bits per heavy atom. The number of nitrogens with one attached hydrogen (secondary N) is 1. The monoisotopic (exact) mass is 306 g/mol. The molecule has 100 valence electrons. The highest BCUT2D eigenvalue weighted by molar-refractivity contribution is 7.99. The predicted molar refractivity (Wildman–Crippen MR) is 78.1 cm³/mol. The van der Waals surface area contributed by atoms with Gasteiger partial charge in [0.2, 0.25) is 5.88 Å². The maximum absolute atomic E-state index is 5.96. The lowest BCUT2D eigenvalue weighted by Crippen LogP contribution is -2.35. The highest BCUT2D eigenvalue weighted by atomic mass is 35.5. The van der Waals surface area contributed by atoms with Gasteiger partial charge < -0.3 is 10.1 Å². The van der Waals surface area contributed by atoms with E-state index >= 15 is 0 Å². The van der Waals surface area contributed by atoms with Crippen LogP contribution in [0, 0.1) is 0 Å². The van der Waals surface area contributed by atoms with Gasteiger partial charge in [0.05, 0.1) is 5.02 Å². The zero-order valence-electron chi connectivity index (χ0n) is 9.99. The Labute approximate surface area is 122 Å². The van der Waals surface area contributed by atoms with Gasteiger partial charge in [0, 0.05) is 18.8 Å². The standard InChI is InChI=1S/C12H16Cl2N2OS/c13-9-7-11(14)12(16-8-9)17-4-3-15-10-1-5-18-6-2-10/h7-8,10,15H,1-6H2. The summed E-state index contributed by atoms with van der Waals surface area (Å²) in [5.74, 6) is 2.95. The maximum atomic E-state index is 5.96. The second-order valence-corrected chi connectivity index (χ2v) is 6.20. The summed E-state index contributed by atoms with van der Waals surface area (Å²) in [6.45, 7) is 1.38. The average Bonchev–Trinajstić information content (AvgIpc) is 2.38. The van der Waals surface area contributed by atoms with Gasteiger partial charge in [0.15, 0.2) is 0 Å². The van der Waals surface area contributed by atoms with Crippen LogP contribution in [0.15, 0.2) is 12.3 Å². The molecule has 0 amide bonds. The lowest BCUT2D eigenvalue weighted by molar-refractivity contribution is 0.292. The second-order valence-electron chi connectivity index (χ2n) is 4.13. The second kappa shape index (κ2) is 7.43. The third-order valence-corrected chi connectivity index (χ3v) is 4.30. The number of halogens is 2. The summed E-state index contributed by atoms with van der Waals surface area (Å²) >= 11 is 13.8. The number of rotatable bonds is 5. The summed E-state index contributed by atoms with van der Waals surface area (Å²) in [5.41, 5.74) is 0. The Bertz CT molecular complexity index is 386. The summed E-state index contributed by atoms with van der Waals surface area (Å²) in [5, 5.41) is 4.46. The maximum Gasteiger partial charge on any atom is 0.232 e. The van der Waals surface area contributed by atoms with Crippen LogP contribution in [0.25, 0.3) is 0 Å². The molecule has 2 heterocycles. The van der Waals surface area contributed by atoms with Crippen LogP contribution in [-0.2, 0) is 0 Å². The topological polar surface area (TPSA) is 34.1 Å². The Morgan fingerprint density at radius 2 is 2.17 bits per heavy atom. The van der Waals surface area contributed by atoms with E-state index in [0.29, 0.717) is 28.6 Å². The van der Waals surface area contributed by atoms with Crippen molar-refractivity contribution in [1.29, 1.82) is 0 Å². The normalized spacial score (nSPS) is 16.8. The van der Waals surface area contributed by atoms with E-state index < -0.39 is 0 Å². The number of aromatic nitrogens is 1. The third-order valence-electron chi connectivity index (χ3n) is 2.77. The average molecular weight is 307 g/mol. The van der Waals surface area contributed by atoms with Gasteiger partial charge in [-0.1, -0.05) is 23.2 Å². The fourth-order valence-corrected chi connectivity index (χ4v) is 3.36. The Kier molecular flexibility index (Phi) is 5.89. The highest BCUT2D eigenvalue weighted by Crippen LogP contribution is 2.24. The van der Waals surface area contributed by atoms with E-state index in [9.17, 15) is 0 Å². The van der Waals surface area contributed by atoms with Gasteiger partial charge in [-0.05, 0) is 30.4 Å². The van der Waals surface area contributed by atoms with E-state index in [1.807, 2.05) is 11.8 Å². The molecule has 0 atom stereocenters. The van der Waals surface area contributed by atoms with Crippen molar-refractivity contribution in [1.82, 2.24) is 10.3 Å². The van der Waals surface area contributed by atoms with E-state index in [1.165, 1.54) is 30.5 Å². The van der Waals surface area contributed by atoms with Crippen molar-refractivity contribution in [3.05, 3.63) is 22.3 Å². The van der Waals surface area contributed by atoms with Crippen molar-refractivity contribution >= 4 is 35.0 Å². The number of thioether (sulfide) groups is 1. The van der Waals surface area contributed by atoms with Crippen LogP contribution in [0.5, 0.6) is 5.88 Å². The molecule has 0 bridgehead atoms. The van der Waals surface area contributed by atoms with Gasteiger partial charge in [-0.2, -0.15) is 11.8 Å². The quantitative estimate of drug-likeness (QED) is 0.847. The first-order chi connectivity index (χ1) is 8.75. The molecule has 0 aliphatic carbocycles. The molecule has 0 radical (unpaired) electrons. The predicted octanol–water partition coefficient (Wildman–Crippen LogP) is 3.25. The van der Waals surface area contributed by atoms with Crippen molar-refractivity contribution in [3.8, 4) is 5.88 Å². The van der Waals surface area contributed by atoms with Crippen LogP contribution < -0.4 is 10.1 Å². The van der Waals surface area contributed by atoms with E-state index in [1.54, 1.807) is 6.07 Å². The summed E-state index contributed by atoms with van der Waals surface area (Å²) in [4.78, 5) is 4.04. The number of pyridine rings is 1. The largest absolute Gasteiger partial charge is 0.475 e. The van der Waals surface area contributed by atoms with Gasteiger partial charge in [0.25, 0.3) is 0 Å². The van der Waals surface area contributed by atoms with Gasteiger partial charge in [-0.15, -0.1) is 0 Å². The Hall–Kier alpha value is -0.160. The smallest absolute Gasteiger partial charge is 0.232 e. The first-order valence-electron chi connectivity index (χ1n) is 6.00. The number of hydrogen-bond donors (Lipinski definition) is 1. The number of hydrogen-bond acceptors (Lipinski definition) is 4. The zero-order valence-corrected chi connectivity index (χ0v) is 12.3. The molecule has 2 rings (SSSR count). The van der Waals surface area contributed by atoms with Gasteiger partial charge in [-0.3, -0.25) is 0 Å². The van der Waals surface area contributed by atoms with Crippen LogP contribution in [0.1, 0.15) is 12.8 Å². The van der Waals surface area contributed by atoms with Gasteiger partial charge >= 0.3 is 0 Å².